The summed E-state index contributed by atoms with van der Waals surface area (Å²) in [6.45, 7) is 0.653. The van der Waals surface area contributed by atoms with Gasteiger partial charge >= 0.3 is 5.97 Å². The van der Waals surface area contributed by atoms with Crippen molar-refractivity contribution in [2.75, 3.05) is 20.2 Å². The minimum absolute atomic E-state index is 0.170. The van der Waals surface area contributed by atoms with Crippen molar-refractivity contribution in [3.8, 4) is 0 Å². The number of carbonyl (C=O) groups is 1. The minimum atomic E-state index is -3.52. The molecule has 19 heavy (non-hydrogen) atoms. The maximum absolute atomic E-state index is 12.4. The summed E-state index contributed by atoms with van der Waals surface area (Å²) >= 11 is 0. The number of aryl methyl sites for hydroxylation is 1. The number of hydrogen-bond donors (Lipinski definition) is 0. The van der Waals surface area contributed by atoms with Gasteiger partial charge in [-0.25, -0.2) is 8.42 Å². The summed E-state index contributed by atoms with van der Waals surface area (Å²) in [4.78, 5) is 11.4. The zero-order chi connectivity index (χ0) is 14.0. The van der Waals surface area contributed by atoms with Crippen LogP contribution < -0.4 is 0 Å². The summed E-state index contributed by atoms with van der Waals surface area (Å²) in [6, 6.07) is 1.47. The Morgan fingerprint density at radius 1 is 1.42 bits per heavy atom. The molecule has 0 aliphatic carbocycles. The van der Waals surface area contributed by atoms with Crippen molar-refractivity contribution in [2.45, 2.75) is 17.9 Å². The second kappa shape index (κ2) is 5.30. The molecular formula is C11H17N3O4S. The van der Waals surface area contributed by atoms with Gasteiger partial charge < -0.3 is 4.74 Å². The van der Waals surface area contributed by atoms with Crippen molar-refractivity contribution < 1.29 is 17.9 Å². The molecule has 2 heterocycles. The average Bonchev–Trinajstić information content (AvgIpc) is 2.85. The SMILES string of the molecule is COC(=O)C1CCN(S(=O)(=O)c2ccnn2C)CC1. The van der Waals surface area contributed by atoms with Crippen LogP contribution >= 0.6 is 0 Å². The van der Waals surface area contributed by atoms with Crippen LogP contribution in [0.1, 0.15) is 12.8 Å². The molecular weight excluding hydrogens is 270 g/mol. The molecule has 0 aromatic carbocycles. The fraction of sp³-hybridized carbons (Fsp3) is 0.636. The van der Waals surface area contributed by atoms with Crippen LogP contribution in [0.2, 0.25) is 0 Å². The molecule has 7 nitrogen and oxygen atoms in total. The number of piperidine rings is 1. The van der Waals surface area contributed by atoms with E-state index in [1.54, 1.807) is 7.05 Å². The molecule has 1 aromatic heterocycles. The Morgan fingerprint density at radius 2 is 2.05 bits per heavy atom. The number of aromatic nitrogens is 2. The molecule has 0 atom stereocenters. The summed E-state index contributed by atoms with van der Waals surface area (Å²) in [5, 5.41) is 4.04. The van der Waals surface area contributed by atoms with Gasteiger partial charge in [-0.05, 0) is 18.9 Å². The number of hydrogen-bond acceptors (Lipinski definition) is 5. The van der Waals surface area contributed by atoms with Gasteiger partial charge in [0.05, 0.1) is 19.2 Å². The van der Waals surface area contributed by atoms with Crippen LogP contribution in [0.4, 0.5) is 0 Å². The maximum atomic E-state index is 12.4. The molecule has 1 aliphatic rings. The lowest BCUT2D eigenvalue weighted by atomic mass is 9.99. The molecule has 0 amide bonds. The number of nitrogens with zero attached hydrogens (tertiary/aromatic N) is 3. The van der Waals surface area contributed by atoms with Crippen LogP contribution in [0.25, 0.3) is 0 Å². The highest BCUT2D eigenvalue weighted by Crippen LogP contribution is 2.24. The molecule has 0 spiro atoms. The lowest BCUT2D eigenvalue weighted by molar-refractivity contribution is -0.146. The Hall–Kier alpha value is -1.41. The van der Waals surface area contributed by atoms with Crippen LogP contribution in [-0.4, -0.2) is 48.7 Å². The largest absolute Gasteiger partial charge is 0.469 e. The van der Waals surface area contributed by atoms with Gasteiger partial charge in [-0.1, -0.05) is 0 Å². The van der Waals surface area contributed by atoms with E-state index in [-0.39, 0.29) is 16.9 Å². The number of methoxy groups -OCH3 is 1. The first kappa shape index (κ1) is 14.0. The van der Waals surface area contributed by atoms with E-state index < -0.39 is 10.0 Å². The Morgan fingerprint density at radius 3 is 2.53 bits per heavy atom. The molecule has 8 heteroatoms. The van der Waals surface area contributed by atoms with E-state index in [4.69, 9.17) is 0 Å². The molecule has 1 fully saturated rings. The summed E-state index contributed by atoms with van der Waals surface area (Å²) < 4.78 is 32.1. The van der Waals surface area contributed by atoms with Crippen molar-refractivity contribution in [3.05, 3.63) is 12.3 Å². The van der Waals surface area contributed by atoms with Crippen LogP contribution in [0, 0.1) is 5.92 Å². The Bertz CT molecular complexity index is 558. The monoisotopic (exact) mass is 287 g/mol. The maximum Gasteiger partial charge on any atom is 0.308 e. The fourth-order valence-electron chi connectivity index (χ4n) is 2.25. The van der Waals surface area contributed by atoms with Gasteiger partial charge in [-0.15, -0.1) is 0 Å². The van der Waals surface area contributed by atoms with E-state index in [0.29, 0.717) is 25.9 Å². The quantitative estimate of drug-likeness (QED) is 0.731. The van der Waals surface area contributed by atoms with E-state index in [1.807, 2.05) is 0 Å². The zero-order valence-corrected chi connectivity index (χ0v) is 11.8. The van der Waals surface area contributed by atoms with Crippen LogP contribution in [0.3, 0.4) is 0 Å². The van der Waals surface area contributed by atoms with Crippen molar-refractivity contribution in [1.82, 2.24) is 14.1 Å². The van der Waals surface area contributed by atoms with Gasteiger partial charge in [-0.2, -0.15) is 9.40 Å². The van der Waals surface area contributed by atoms with Gasteiger partial charge in [0, 0.05) is 20.1 Å². The average molecular weight is 287 g/mol. The lowest BCUT2D eigenvalue weighted by Crippen LogP contribution is -2.41. The van der Waals surface area contributed by atoms with Crippen molar-refractivity contribution in [1.29, 1.82) is 0 Å². The molecule has 0 bridgehead atoms. The first-order valence-electron chi connectivity index (χ1n) is 6.03. The summed E-state index contributed by atoms with van der Waals surface area (Å²) in [7, 11) is -0.584. The summed E-state index contributed by atoms with van der Waals surface area (Å²) in [5.74, 6) is -0.472. The molecule has 1 aromatic rings. The van der Waals surface area contributed by atoms with E-state index in [0.717, 1.165) is 0 Å². The van der Waals surface area contributed by atoms with Crippen molar-refractivity contribution >= 4 is 16.0 Å². The van der Waals surface area contributed by atoms with Crippen molar-refractivity contribution in [2.24, 2.45) is 13.0 Å². The second-order valence-corrected chi connectivity index (χ2v) is 6.38. The highest BCUT2D eigenvalue weighted by molar-refractivity contribution is 7.89. The Balaban J connectivity index is 2.10. The lowest BCUT2D eigenvalue weighted by Gasteiger charge is -2.29. The van der Waals surface area contributed by atoms with E-state index >= 15 is 0 Å². The molecule has 1 saturated heterocycles. The molecule has 0 unspecified atom stereocenters. The van der Waals surface area contributed by atoms with Crippen LogP contribution in [0.15, 0.2) is 17.3 Å². The zero-order valence-electron chi connectivity index (χ0n) is 10.9. The standard InChI is InChI=1S/C11H17N3O4S/c1-13-10(3-6-12-13)19(16,17)14-7-4-9(5-8-14)11(15)18-2/h3,6,9H,4-5,7-8H2,1-2H3. The number of rotatable bonds is 3. The second-order valence-electron chi connectivity index (χ2n) is 4.49. The normalized spacial score (nSPS) is 18.4. The van der Waals surface area contributed by atoms with E-state index in [2.05, 4.69) is 9.84 Å². The first-order valence-corrected chi connectivity index (χ1v) is 7.47. The van der Waals surface area contributed by atoms with E-state index in [1.165, 1.54) is 28.4 Å². The third-order valence-electron chi connectivity index (χ3n) is 3.37. The van der Waals surface area contributed by atoms with Crippen LogP contribution in [0.5, 0.6) is 0 Å². The third kappa shape index (κ3) is 2.64. The molecule has 1 aliphatic heterocycles. The highest BCUT2D eigenvalue weighted by Gasteiger charge is 2.33. The van der Waals surface area contributed by atoms with Crippen LogP contribution in [-0.2, 0) is 26.6 Å². The predicted molar refractivity (Wildman–Crippen MR) is 66.7 cm³/mol. The molecule has 0 N–H and O–H groups in total. The molecule has 2 rings (SSSR count). The highest BCUT2D eigenvalue weighted by atomic mass is 32.2. The first-order chi connectivity index (χ1) is 8.96. The topological polar surface area (TPSA) is 81.5 Å². The molecule has 0 radical (unpaired) electrons. The van der Waals surface area contributed by atoms with E-state index in [9.17, 15) is 13.2 Å². The summed E-state index contributed by atoms with van der Waals surface area (Å²) in [6.07, 6.45) is 2.43. The molecule has 0 saturated carbocycles. The summed E-state index contributed by atoms with van der Waals surface area (Å²) in [5.41, 5.74) is 0. The van der Waals surface area contributed by atoms with Gasteiger partial charge in [0.1, 0.15) is 0 Å². The number of ether oxygens (including phenoxy) is 1. The number of sulfonamides is 1. The number of carbonyl (C=O) groups excluding carboxylic acids is 1. The Labute approximate surface area is 112 Å². The predicted octanol–water partition coefficient (Wildman–Crippen LogP) is -0.00620. The van der Waals surface area contributed by atoms with Gasteiger partial charge in [0.15, 0.2) is 5.03 Å². The third-order valence-corrected chi connectivity index (χ3v) is 5.34. The van der Waals surface area contributed by atoms with Gasteiger partial charge in [0.2, 0.25) is 0 Å². The Kier molecular flexibility index (Phi) is 3.91. The van der Waals surface area contributed by atoms with Gasteiger partial charge in [0.25, 0.3) is 10.0 Å². The molecule has 106 valence electrons. The minimum Gasteiger partial charge on any atom is -0.469 e. The number of esters is 1. The smallest absolute Gasteiger partial charge is 0.308 e. The van der Waals surface area contributed by atoms with Gasteiger partial charge in [-0.3, -0.25) is 9.48 Å². The fourth-order valence-corrected chi connectivity index (χ4v) is 3.82. The van der Waals surface area contributed by atoms with Crippen molar-refractivity contribution in [3.63, 3.8) is 0 Å².